The first-order chi connectivity index (χ1) is 12.2. The van der Waals surface area contributed by atoms with Crippen molar-refractivity contribution in [2.75, 3.05) is 20.2 Å². The Morgan fingerprint density at radius 2 is 1.35 bits per heavy atom. The highest BCUT2D eigenvalue weighted by atomic mass is 32.2. The van der Waals surface area contributed by atoms with E-state index < -0.39 is 20.0 Å². The molecule has 0 aliphatic heterocycles. The fourth-order valence-electron chi connectivity index (χ4n) is 2.24. The number of rotatable bonds is 8. The van der Waals surface area contributed by atoms with Gasteiger partial charge in [0.2, 0.25) is 20.0 Å². The molecule has 142 valence electrons. The Labute approximate surface area is 154 Å². The summed E-state index contributed by atoms with van der Waals surface area (Å²) < 4.78 is 59.0. The van der Waals surface area contributed by atoms with Crippen LogP contribution >= 0.6 is 0 Å². The minimum Gasteiger partial charge on any atom is -0.495 e. The lowest BCUT2D eigenvalue weighted by Gasteiger charge is -2.12. The van der Waals surface area contributed by atoms with E-state index in [9.17, 15) is 16.8 Å². The van der Waals surface area contributed by atoms with E-state index in [1.54, 1.807) is 31.2 Å². The average Bonchev–Trinajstić information content (AvgIpc) is 2.59. The van der Waals surface area contributed by atoms with Gasteiger partial charge in [0.15, 0.2) is 0 Å². The Hall–Kier alpha value is -1.94. The van der Waals surface area contributed by atoms with Crippen LogP contribution < -0.4 is 14.2 Å². The summed E-state index contributed by atoms with van der Waals surface area (Å²) in [6.07, 6.45) is 0. The number of hydrogen-bond acceptors (Lipinski definition) is 5. The average molecular weight is 399 g/mol. The smallest absolute Gasteiger partial charge is 0.244 e. The predicted molar refractivity (Wildman–Crippen MR) is 99.3 cm³/mol. The van der Waals surface area contributed by atoms with Crippen molar-refractivity contribution >= 4 is 20.0 Å². The van der Waals surface area contributed by atoms with Crippen LogP contribution in [0.15, 0.2) is 52.3 Å². The van der Waals surface area contributed by atoms with Crippen molar-refractivity contribution in [1.29, 1.82) is 0 Å². The lowest BCUT2D eigenvalue weighted by atomic mass is 10.2. The van der Waals surface area contributed by atoms with Crippen LogP contribution in [-0.4, -0.2) is 37.0 Å². The van der Waals surface area contributed by atoms with Gasteiger partial charge in [0.05, 0.1) is 12.0 Å². The second-order valence-corrected chi connectivity index (χ2v) is 9.27. The molecule has 7 nitrogen and oxygen atoms in total. The molecule has 0 radical (unpaired) electrons. The molecule has 0 aliphatic carbocycles. The lowest BCUT2D eigenvalue weighted by molar-refractivity contribution is 0.402. The van der Waals surface area contributed by atoms with E-state index in [0.29, 0.717) is 0 Å². The van der Waals surface area contributed by atoms with Crippen molar-refractivity contribution in [1.82, 2.24) is 9.44 Å². The van der Waals surface area contributed by atoms with Gasteiger partial charge in [-0.3, -0.25) is 0 Å². The predicted octanol–water partition coefficient (Wildman–Crippen LogP) is 1.57. The molecule has 0 amide bonds. The zero-order valence-electron chi connectivity index (χ0n) is 14.8. The minimum atomic E-state index is -3.82. The summed E-state index contributed by atoms with van der Waals surface area (Å²) in [5, 5.41) is 0. The van der Waals surface area contributed by atoms with Gasteiger partial charge in [-0.2, -0.15) is 0 Å². The number of aryl methyl sites for hydroxylation is 2. The van der Waals surface area contributed by atoms with Crippen LogP contribution in [0.4, 0.5) is 0 Å². The van der Waals surface area contributed by atoms with E-state index in [-0.39, 0.29) is 28.6 Å². The maximum absolute atomic E-state index is 12.4. The molecule has 2 N–H and O–H groups in total. The molecule has 0 atom stereocenters. The van der Waals surface area contributed by atoms with Crippen molar-refractivity contribution in [3.8, 4) is 5.75 Å². The van der Waals surface area contributed by atoms with Gasteiger partial charge in [-0.05, 0) is 43.7 Å². The Balaban J connectivity index is 2.01. The molecule has 0 saturated heterocycles. The fraction of sp³-hybridized carbons (Fsp3) is 0.294. The number of sulfonamides is 2. The Bertz CT molecular complexity index is 969. The molecule has 2 aromatic carbocycles. The molecule has 9 heteroatoms. The second kappa shape index (κ2) is 8.17. The highest BCUT2D eigenvalue weighted by Gasteiger charge is 2.20. The topological polar surface area (TPSA) is 102 Å². The van der Waals surface area contributed by atoms with E-state index in [0.717, 1.165) is 11.1 Å². The van der Waals surface area contributed by atoms with E-state index in [1.165, 1.54) is 25.3 Å². The van der Waals surface area contributed by atoms with Gasteiger partial charge in [-0.1, -0.05) is 23.8 Å². The van der Waals surface area contributed by atoms with Crippen LogP contribution in [0, 0.1) is 13.8 Å². The van der Waals surface area contributed by atoms with E-state index in [2.05, 4.69) is 9.44 Å². The molecule has 0 unspecified atom stereocenters. The summed E-state index contributed by atoms with van der Waals surface area (Å²) in [5.41, 5.74) is 1.72. The summed E-state index contributed by atoms with van der Waals surface area (Å²) in [7, 11) is -6.12. The highest BCUT2D eigenvalue weighted by molar-refractivity contribution is 7.90. The third kappa shape index (κ3) is 5.04. The monoisotopic (exact) mass is 398 g/mol. The Morgan fingerprint density at radius 3 is 1.92 bits per heavy atom. The van der Waals surface area contributed by atoms with Crippen molar-refractivity contribution in [3.05, 3.63) is 53.6 Å². The van der Waals surface area contributed by atoms with Gasteiger partial charge < -0.3 is 4.74 Å². The third-order valence-electron chi connectivity index (χ3n) is 3.65. The van der Waals surface area contributed by atoms with E-state index in [1.807, 2.05) is 6.92 Å². The van der Waals surface area contributed by atoms with Crippen molar-refractivity contribution in [2.45, 2.75) is 23.6 Å². The molecule has 0 aromatic heterocycles. The van der Waals surface area contributed by atoms with Gasteiger partial charge in [0.25, 0.3) is 0 Å². The summed E-state index contributed by atoms with van der Waals surface area (Å²) >= 11 is 0. The van der Waals surface area contributed by atoms with Gasteiger partial charge in [0, 0.05) is 13.1 Å². The lowest BCUT2D eigenvalue weighted by Crippen LogP contribution is -2.34. The molecule has 2 rings (SSSR count). The van der Waals surface area contributed by atoms with Crippen molar-refractivity contribution in [3.63, 3.8) is 0 Å². The number of benzene rings is 2. The number of ether oxygens (including phenoxy) is 1. The van der Waals surface area contributed by atoms with Gasteiger partial charge in [-0.25, -0.2) is 26.3 Å². The van der Waals surface area contributed by atoms with E-state index in [4.69, 9.17) is 4.74 Å². The standard InChI is InChI=1S/C17H22N2O5S2/c1-13-4-7-15(8-5-13)25(20,21)18-10-11-19-26(22,23)17-12-14(2)6-9-16(17)24-3/h4-9,12,18-19H,10-11H2,1-3H3. The largest absolute Gasteiger partial charge is 0.495 e. The summed E-state index contributed by atoms with van der Waals surface area (Å²) in [6.45, 7) is 3.46. The number of hydrogen-bond donors (Lipinski definition) is 2. The van der Waals surface area contributed by atoms with Crippen LogP contribution in [0.3, 0.4) is 0 Å². The molecule has 0 spiro atoms. The van der Waals surface area contributed by atoms with Crippen molar-refractivity contribution < 1.29 is 21.6 Å². The van der Waals surface area contributed by atoms with Crippen LogP contribution in [0.25, 0.3) is 0 Å². The molecule has 0 saturated carbocycles. The summed E-state index contributed by atoms with van der Waals surface area (Å²) in [6, 6.07) is 11.2. The number of methoxy groups -OCH3 is 1. The van der Waals surface area contributed by atoms with E-state index >= 15 is 0 Å². The molecule has 26 heavy (non-hydrogen) atoms. The maximum Gasteiger partial charge on any atom is 0.244 e. The van der Waals surface area contributed by atoms with Gasteiger partial charge in [0.1, 0.15) is 10.6 Å². The molecule has 0 bridgehead atoms. The zero-order chi connectivity index (χ0) is 19.4. The van der Waals surface area contributed by atoms with Gasteiger partial charge >= 0.3 is 0 Å². The zero-order valence-corrected chi connectivity index (χ0v) is 16.4. The van der Waals surface area contributed by atoms with Crippen molar-refractivity contribution in [2.24, 2.45) is 0 Å². The molecule has 0 heterocycles. The van der Waals surface area contributed by atoms with Gasteiger partial charge in [-0.15, -0.1) is 0 Å². The van der Waals surface area contributed by atoms with Crippen LogP contribution in [0.1, 0.15) is 11.1 Å². The normalized spacial score (nSPS) is 12.1. The maximum atomic E-state index is 12.4. The number of nitrogens with one attached hydrogen (secondary N) is 2. The first-order valence-electron chi connectivity index (χ1n) is 7.86. The summed E-state index contributed by atoms with van der Waals surface area (Å²) in [4.78, 5) is 0.146. The van der Waals surface area contributed by atoms with Crippen LogP contribution in [-0.2, 0) is 20.0 Å². The first-order valence-corrected chi connectivity index (χ1v) is 10.8. The second-order valence-electron chi connectivity index (χ2n) is 5.76. The fourth-order valence-corrected chi connectivity index (χ4v) is 4.56. The third-order valence-corrected chi connectivity index (χ3v) is 6.61. The van der Waals surface area contributed by atoms with Crippen LogP contribution in [0.2, 0.25) is 0 Å². The molecule has 0 aliphatic rings. The molecule has 2 aromatic rings. The Morgan fingerprint density at radius 1 is 0.808 bits per heavy atom. The first kappa shape index (κ1) is 20.4. The minimum absolute atomic E-state index is 0.0152. The SMILES string of the molecule is COc1ccc(C)cc1S(=O)(=O)NCCNS(=O)(=O)c1ccc(C)cc1. The molecule has 0 fully saturated rings. The van der Waals surface area contributed by atoms with Crippen LogP contribution in [0.5, 0.6) is 5.75 Å². The summed E-state index contributed by atoms with van der Waals surface area (Å²) in [5.74, 6) is 0.225. The quantitative estimate of drug-likeness (QED) is 0.657. The Kier molecular flexibility index (Phi) is 6.40. The highest BCUT2D eigenvalue weighted by Crippen LogP contribution is 2.24. The molecular formula is C17H22N2O5S2. The molecular weight excluding hydrogens is 376 g/mol.